The number of hydrogen-bond donors (Lipinski definition) is 1. The molecule has 2 aromatic rings. The Kier molecular flexibility index (Phi) is 6.94. The van der Waals surface area contributed by atoms with Crippen LogP contribution in [0.5, 0.6) is 5.75 Å². The zero-order valence-corrected chi connectivity index (χ0v) is 17.9. The molecule has 1 aliphatic rings. The lowest BCUT2D eigenvalue weighted by atomic mass is 10.2. The lowest BCUT2D eigenvalue weighted by molar-refractivity contribution is 0.0762. The molecule has 0 aliphatic carbocycles. The fraction of sp³-hybridized carbons (Fsp3) is 0.381. The molecule has 0 bridgehead atoms. The van der Waals surface area contributed by atoms with E-state index in [2.05, 4.69) is 9.62 Å². The fourth-order valence-corrected chi connectivity index (χ4v) is 4.52. The molecular formula is C21H26FN3O4S. The Morgan fingerprint density at radius 1 is 1.10 bits per heavy atom. The summed E-state index contributed by atoms with van der Waals surface area (Å²) in [6, 6.07) is 11.0. The summed E-state index contributed by atoms with van der Waals surface area (Å²) < 4.78 is 46.4. The molecule has 0 spiro atoms. The van der Waals surface area contributed by atoms with Gasteiger partial charge in [-0.1, -0.05) is 6.92 Å². The number of benzene rings is 2. The molecule has 2 aromatic carbocycles. The summed E-state index contributed by atoms with van der Waals surface area (Å²) in [7, 11) is -2.16. The van der Waals surface area contributed by atoms with Gasteiger partial charge in [-0.15, -0.1) is 0 Å². The zero-order chi connectivity index (χ0) is 21.7. The van der Waals surface area contributed by atoms with E-state index in [1.165, 1.54) is 0 Å². The van der Waals surface area contributed by atoms with E-state index in [9.17, 15) is 17.6 Å². The van der Waals surface area contributed by atoms with Gasteiger partial charge in [-0.25, -0.2) is 17.5 Å². The van der Waals surface area contributed by atoms with Crippen molar-refractivity contribution in [2.45, 2.75) is 18.2 Å². The molecule has 9 heteroatoms. The number of ether oxygens (including phenoxy) is 1. The van der Waals surface area contributed by atoms with Crippen molar-refractivity contribution in [1.29, 1.82) is 0 Å². The number of rotatable bonds is 6. The lowest BCUT2D eigenvalue weighted by Crippen LogP contribution is -2.36. The van der Waals surface area contributed by atoms with Crippen LogP contribution in [0.1, 0.15) is 23.7 Å². The minimum atomic E-state index is -3.78. The van der Waals surface area contributed by atoms with Crippen molar-refractivity contribution in [1.82, 2.24) is 9.62 Å². The highest BCUT2D eigenvalue weighted by Crippen LogP contribution is 2.22. The monoisotopic (exact) mass is 435 g/mol. The maximum absolute atomic E-state index is 14.4. The van der Waals surface area contributed by atoms with Crippen LogP contribution in [-0.4, -0.2) is 59.1 Å². The zero-order valence-electron chi connectivity index (χ0n) is 17.1. The van der Waals surface area contributed by atoms with Gasteiger partial charge < -0.3 is 14.5 Å². The Morgan fingerprint density at radius 3 is 2.50 bits per heavy atom. The standard InChI is InChI=1S/C21H26FN3O4S/c1-3-23-30(27,28)18-9-10-20(22)19(15-18)21(26)25-12-4-11-24(13-14-25)16-5-7-17(29-2)8-6-16/h5-10,15,23H,3-4,11-14H2,1-2H3. The van der Waals surface area contributed by atoms with E-state index in [0.717, 1.165) is 42.6 Å². The molecule has 30 heavy (non-hydrogen) atoms. The third kappa shape index (κ3) is 4.91. The smallest absolute Gasteiger partial charge is 0.256 e. The molecule has 0 aromatic heterocycles. The van der Waals surface area contributed by atoms with Gasteiger partial charge in [0, 0.05) is 38.4 Å². The van der Waals surface area contributed by atoms with E-state index in [4.69, 9.17) is 4.74 Å². The molecule has 0 unspecified atom stereocenters. The van der Waals surface area contributed by atoms with Crippen molar-refractivity contribution in [2.24, 2.45) is 0 Å². The van der Waals surface area contributed by atoms with Crippen molar-refractivity contribution in [3.63, 3.8) is 0 Å². The molecule has 0 radical (unpaired) electrons. The van der Waals surface area contributed by atoms with Crippen LogP contribution < -0.4 is 14.4 Å². The quantitative estimate of drug-likeness (QED) is 0.754. The largest absolute Gasteiger partial charge is 0.497 e. The van der Waals surface area contributed by atoms with Gasteiger partial charge in [-0.2, -0.15) is 0 Å². The van der Waals surface area contributed by atoms with Crippen molar-refractivity contribution in [3.05, 3.63) is 53.8 Å². The molecule has 1 heterocycles. The Labute approximate surface area is 176 Å². The third-order valence-electron chi connectivity index (χ3n) is 5.03. The summed E-state index contributed by atoms with van der Waals surface area (Å²) in [4.78, 5) is 16.6. The maximum atomic E-state index is 14.4. The highest BCUT2D eigenvalue weighted by atomic mass is 32.2. The van der Waals surface area contributed by atoms with Gasteiger partial charge in [0.1, 0.15) is 11.6 Å². The van der Waals surface area contributed by atoms with Crippen LogP contribution in [0.4, 0.5) is 10.1 Å². The number of methoxy groups -OCH3 is 1. The van der Waals surface area contributed by atoms with Gasteiger partial charge in [0.25, 0.3) is 5.91 Å². The first-order chi connectivity index (χ1) is 14.4. The molecule has 1 aliphatic heterocycles. The minimum Gasteiger partial charge on any atom is -0.497 e. The number of nitrogens with zero attached hydrogens (tertiary/aromatic N) is 2. The molecule has 1 N–H and O–H groups in total. The molecule has 7 nitrogen and oxygen atoms in total. The average molecular weight is 436 g/mol. The van der Waals surface area contributed by atoms with Crippen LogP contribution in [-0.2, 0) is 10.0 Å². The molecule has 1 saturated heterocycles. The fourth-order valence-electron chi connectivity index (χ4n) is 3.45. The Hall–Kier alpha value is -2.65. The average Bonchev–Trinajstić information content (AvgIpc) is 3.00. The van der Waals surface area contributed by atoms with Crippen LogP contribution >= 0.6 is 0 Å². The first-order valence-electron chi connectivity index (χ1n) is 9.83. The van der Waals surface area contributed by atoms with Crippen LogP contribution in [0.25, 0.3) is 0 Å². The number of anilines is 1. The van der Waals surface area contributed by atoms with E-state index in [-0.39, 0.29) is 17.0 Å². The first-order valence-corrected chi connectivity index (χ1v) is 11.3. The third-order valence-corrected chi connectivity index (χ3v) is 6.58. The van der Waals surface area contributed by atoms with Crippen molar-refractivity contribution >= 4 is 21.6 Å². The van der Waals surface area contributed by atoms with E-state index in [1.807, 2.05) is 24.3 Å². The number of sulfonamides is 1. The normalized spacial score (nSPS) is 15.0. The second kappa shape index (κ2) is 9.44. The molecule has 162 valence electrons. The lowest BCUT2D eigenvalue weighted by Gasteiger charge is -2.24. The second-order valence-corrected chi connectivity index (χ2v) is 8.74. The molecule has 0 atom stereocenters. The summed E-state index contributed by atoms with van der Waals surface area (Å²) in [5.74, 6) is -0.461. The van der Waals surface area contributed by atoms with Crippen molar-refractivity contribution in [3.8, 4) is 5.75 Å². The summed E-state index contributed by atoms with van der Waals surface area (Å²) in [5.41, 5.74) is 0.793. The Balaban J connectivity index is 1.76. The summed E-state index contributed by atoms with van der Waals surface area (Å²) in [5, 5.41) is 0. The van der Waals surface area contributed by atoms with Crippen LogP contribution in [0, 0.1) is 5.82 Å². The maximum Gasteiger partial charge on any atom is 0.256 e. The number of amides is 1. The SMILES string of the molecule is CCNS(=O)(=O)c1ccc(F)c(C(=O)N2CCCN(c3ccc(OC)cc3)CC2)c1. The second-order valence-electron chi connectivity index (χ2n) is 6.97. The first kappa shape index (κ1) is 22.0. The van der Waals surface area contributed by atoms with E-state index < -0.39 is 21.7 Å². The summed E-state index contributed by atoms with van der Waals surface area (Å²) in [6.07, 6.45) is 0.717. The summed E-state index contributed by atoms with van der Waals surface area (Å²) >= 11 is 0. The molecule has 1 fully saturated rings. The molecule has 1 amide bonds. The molecule has 0 saturated carbocycles. The number of hydrogen-bond acceptors (Lipinski definition) is 5. The van der Waals surface area contributed by atoms with Crippen LogP contribution in [0.15, 0.2) is 47.4 Å². The van der Waals surface area contributed by atoms with Gasteiger partial charge in [-0.3, -0.25) is 4.79 Å². The highest BCUT2D eigenvalue weighted by Gasteiger charge is 2.25. The van der Waals surface area contributed by atoms with Gasteiger partial charge in [0.05, 0.1) is 17.6 Å². The van der Waals surface area contributed by atoms with Crippen molar-refractivity contribution in [2.75, 3.05) is 44.7 Å². The number of carbonyl (C=O) groups excluding carboxylic acids is 1. The van der Waals surface area contributed by atoms with Gasteiger partial charge >= 0.3 is 0 Å². The minimum absolute atomic E-state index is 0.121. The van der Waals surface area contributed by atoms with Gasteiger partial charge in [-0.05, 0) is 48.9 Å². The van der Waals surface area contributed by atoms with Gasteiger partial charge in [0.15, 0.2) is 0 Å². The molecular weight excluding hydrogens is 409 g/mol. The van der Waals surface area contributed by atoms with Gasteiger partial charge in [0.2, 0.25) is 10.0 Å². The van der Waals surface area contributed by atoms with Crippen LogP contribution in [0.2, 0.25) is 0 Å². The predicted octanol–water partition coefficient (Wildman–Crippen LogP) is 2.49. The number of carbonyl (C=O) groups is 1. The van der Waals surface area contributed by atoms with E-state index in [1.54, 1.807) is 18.9 Å². The number of nitrogens with one attached hydrogen (secondary N) is 1. The highest BCUT2D eigenvalue weighted by molar-refractivity contribution is 7.89. The van der Waals surface area contributed by atoms with Crippen LogP contribution in [0.3, 0.4) is 0 Å². The Bertz CT molecular complexity index is 996. The van der Waals surface area contributed by atoms with E-state index in [0.29, 0.717) is 19.6 Å². The van der Waals surface area contributed by atoms with E-state index >= 15 is 0 Å². The summed E-state index contributed by atoms with van der Waals surface area (Å²) in [6.45, 7) is 4.08. The van der Waals surface area contributed by atoms with Crippen molar-refractivity contribution < 1.29 is 22.3 Å². The Morgan fingerprint density at radius 2 is 1.83 bits per heavy atom. The topological polar surface area (TPSA) is 79.0 Å². The predicted molar refractivity (Wildman–Crippen MR) is 113 cm³/mol. The molecule has 3 rings (SSSR count). The number of halogens is 1.